The summed E-state index contributed by atoms with van der Waals surface area (Å²) in [7, 11) is 2.01. The van der Waals surface area contributed by atoms with Gasteiger partial charge in [0, 0.05) is 26.1 Å². The number of hydrogen-bond acceptors (Lipinski definition) is 5. The molecule has 2 aromatic heterocycles. The fourth-order valence-electron chi connectivity index (χ4n) is 3.13. The number of aromatic nitrogens is 5. The van der Waals surface area contributed by atoms with E-state index in [0.717, 1.165) is 48.6 Å². The van der Waals surface area contributed by atoms with Gasteiger partial charge in [0.1, 0.15) is 18.0 Å². The number of hydrogen-bond donors (Lipinski definition) is 0. The Balaban J connectivity index is 1.51. The monoisotopic (exact) mass is 294 g/mol. The first-order valence-corrected chi connectivity index (χ1v) is 7.62. The number of rotatable bonds is 2. The zero-order valence-corrected chi connectivity index (χ0v) is 12.6. The summed E-state index contributed by atoms with van der Waals surface area (Å²) in [5.41, 5.74) is 1.90. The summed E-state index contributed by atoms with van der Waals surface area (Å²) < 4.78 is 2.02. The number of para-hydroxylation sites is 2. The third kappa shape index (κ3) is 2.30. The van der Waals surface area contributed by atoms with E-state index in [1.807, 2.05) is 42.1 Å². The Hall–Kier alpha value is -2.50. The number of anilines is 1. The Kier molecular flexibility index (Phi) is 3.21. The second-order valence-corrected chi connectivity index (χ2v) is 5.78. The van der Waals surface area contributed by atoms with Gasteiger partial charge in [-0.1, -0.05) is 12.1 Å². The molecule has 3 heterocycles. The van der Waals surface area contributed by atoms with E-state index in [0.29, 0.717) is 5.92 Å². The van der Waals surface area contributed by atoms with E-state index in [4.69, 9.17) is 4.98 Å². The van der Waals surface area contributed by atoms with Gasteiger partial charge in [-0.15, -0.1) is 10.2 Å². The van der Waals surface area contributed by atoms with E-state index in [2.05, 4.69) is 20.1 Å². The van der Waals surface area contributed by atoms with Crippen molar-refractivity contribution in [3.05, 3.63) is 42.6 Å². The van der Waals surface area contributed by atoms with Crippen molar-refractivity contribution in [3.63, 3.8) is 0 Å². The maximum atomic E-state index is 4.73. The molecule has 0 radical (unpaired) electrons. The Bertz CT molecular complexity index is 788. The second kappa shape index (κ2) is 5.36. The summed E-state index contributed by atoms with van der Waals surface area (Å²) in [6.45, 7) is 1.95. The van der Waals surface area contributed by atoms with Crippen LogP contribution in [0, 0.1) is 0 Å². The highest BCUT2D eigenvalue weighted by atomic mass is 15.3. The molecule has 0 saturated carbocycles. The third-order valence-corrected chi connectivity index (χ3v) is 4.37. The Morgan fingerprint density at radius 3 is 2.59 bits per heavy atom. The van der Waals surface area contributed by atoms with Gasteiger partial charge in [0.05, 0.1) is 17.2 Å². The van der Waals surface area contributed by atoms with Crippen molar-refractivity contribution < 1.29 is 0 Å². The molecule has 0 amide bonds. The predicted molar refractivity (Wildman–Crippen MR) is 84.7 cm³/mol. The van der Waals surface area contributed by atoms with Gasteiger partial charge in [-0.3, -0.25) is 4.98 Å². The highest BCUT2D eigenvalue weighted by Gasteiger charge is 2.24. The first-order valence-electron chi connectivity index (χ1n) is 7.62. The molecule has 0 aliphatic carbocycles. The lowest BCUT2D eigenvalue weighted by Crippen LogP contribution is -2.34. The standard InChI is InChI=1S/C16H18N6/c1-21-11-18-20-16(21)12-6-8-22(9-7-12)15-10-17-13-4-2-3-5-14(13)19-15/h2-5,10-12H,6-9H2,1H3. The van der Waals surface area contributed by atoms with Crippen LogP contribution in [0.15, 0.2) is 36.8 Å². The predicted octanol–water partition coefficient (Wildman–Crippen LogP) is 2.14. The van der Waals surface area contributed by atoms with E-state index in [1.54, 1.807) is 6.33 Å². The molecule has 1 saturated heterocycles. The Morgan fingerprint density at radius 2 is 1.86 bits per heavy atom. The van der Waals surface area contributed by atoms with Crippen LogP contribution in [0.4, 0.5) is 5.82 Å². The molecular formula is C16H18N6. The van der Waals surface area contributed by atoms with Crippen LogP contribution in [0.5, 0.6) is 0 Å². The first kappa shape index (κ1) is 13.2. The molecule has 22 heavy (non-hydrogen) atoms. The van der Waals surface area contributed by atoms with Crippen LogP contribution >= 0.6 is 0 Å². The minimum Gasteiger partial charge on any atom is -0.355 e. The molecule has 6 heteroatoms. The SMILES string of the molecule is Cn1cnnc1C1CCN(c2cnc3ccccc3n2)CC1. The average Bonchev–Trinajstić information content (AvgIpc) is 3.01. The van der Waals surface area contributed by atoms with E-state index >= 15 is 0 Å². The quantitative estimate of drug-likeness (QED) is 0.724. The van der Waals surface area contributed by atoms with E-state index in [1.165, 1.54) is 0 Å². The van der Waals surface area contributed by atoms with E-state index < -0.39 is 0 Å². The number of benzene rings is 1. The number of nitrogens with zero attached hydrogens (tertiary/aromatic N) is 6. The maximum Gasteiger partial charge on any atom is 0.147 e. The molecule has 6 nitrogen and oxygen atoms in total. The van der Waals surface area contributed by atoms with Crippen LogP contribution < -0.4 is 4.90 Å². The average molecular weight is 294 g/mol. The smallest absolute Gasteiger partial charge is 0.147 e. The highest BCUT2D eigenvalue weighted by molar-refractivity contribution is 5.75. The highest BCUT2D eigenvalue weighted by Crippen LogP contribution is 2.28. The van der Waals surface area contributed by atoms with Crippen molar-refractivity contribution in [2.75, 3.05) is 18.0 Å². The van der Waals surface area contributed by atoms with Gasteiger partial charge in [-0.25, -0.2) is 4.98 Å². The van der Waals surface area contributed by atoms with E-state index in [9.17, 15) is 0 Å². The largest absolute Gasteiger partial charge is 0.355 e. The lowest BCUT2D eigenvalue weighted by atomic mass is 9.96. The second-order valence-electron chi connectivity index (χ2n) is 5.78. The summed E-state index contributed by atoms with van der Waals surface area (Å²) in [4.78, 5) is 11.6. The van der Waals surface area contributed by atoms with Gasteiger partial charge in [0.25, 0.3) is 0 Å². The molecule has 1 aromatic carbocycles. The molecule has 0 spiro atoms. The van der Waals surface area contributed by atoms with Crippen molar-refractivity contribution in [3.8, 4) is 0 Å². The molecule has 3 aromatic rings. The van der Waals surface area contributed by atoms with Crippen LogP contribution in [0.2, 0.25) is 0 Å². The van der Waals surface area contributed by atoms with Crippen molar-refractivity contribution in [2.45, 2.75) is 18.8 Å². The van der Waals surface area contributed by atoms with Crippen LogP contribution in [-0.2, 0) is 7.05 Å². The Labute approximate surface area is 128 Å². The van der Waals surface area contributed by atoms with Gasteiger partial charge in [-0.05, 0) is 25.0 Å². The number of piperidine rings is 1. The number of aryl methyl sites for hydroxylation is 1. The van der Waals surface area contributed by atoms with Crippen molar-refractivity contribution in [2.24, 2.45) is 7.05 Å². The van der Waals surface area contributed by atoms with Crippen molar-refractivity contribution >= 4 is 16.9 Å². The van der Waals surface area contributed by atoms with Gasteiger partial charge in [0.15, 0.2) is 0 Å². The summed E-state index contributed by atoms with van der Waals surface area (Å²) in [5.74, 6) is 2.54. The molecule has 0 bridgehead atoms. The Morgan fingerprint density at radius 1 is 1.09 bits per heavy atom. The molecule has 0 unspecified atom stereocenters. The maximum absolute atomic E-state index is 4.73. The summed E-state index contributed by atoms with van der Waals surface area (Å²) in [6, 6.07) is 7.99. The molecule has 112 valence electrons. The lowest BCUT2D eigenvalue weighted by molar-refractivity contribution is 0.472. The first-order chi connectivity index (χ1) is 10.8. The van der Waals surface area contributed by atoms with Crippen LogP contribution in [-0.4, -0.2) is 37.8 Å². The molecule has 1 fully saturated rings. The fraction of sp³-hybridized carbons (Fsp3) is 0.375. The van der Waals surface area contributed by atoms with E-state index in [-0.39, 0.29) is 0 Å². The molecule has 0 atom stereocenters. The molecule has 0 N–H and O–H groups in total. The molecule has 1 aliphatic rings. The summed E-state index contributed by atoms with van der Waals surface area (Å²) in [6.07, 6.45) is 5.80. The molecule has 4 rings (SSSR count). The zero-order chi connectivity index (χ0) is 14.9. The normalized spacial score (nSPS) is 16.3. The lowest BCUT2D eigenvalue weighted by Gasteiger charge is -2.32. The van der Waals surface area contributed by atoms with Gasteiger partial charge >= 0.3 is 0 Å². The van der Waals surface area contributed by atoms with Crippen LogP contribution in [0.25, 0.3) is 11.0 Å². The number of fused-ring (bicyclic) bond motifs is 1. The molecule has 1 aliphatic heterocycles. The third-order valence-electron chi connectivity index (χ3n) is 4.37. The van der Waals surface area contributed by atoms with Gasteiger partial charge in [-0.2, -0.15) is 0 Å². The molecular weight excluding hydrogens is 276 g/mol. The van der Waals surface area contributed by atoms with Gasteiger partial charge in [0.2, 0.25) is 0 Å². The van der Waals surface area contributed by atoms with Crippen LogP contribution in [0.3, 0.4) is 0 Å². The fourth-order valence-corrected chi connectivity index (χ4v) is 3.13. The zero-order valence-electron chi connectivity index (χ0n) is 12.6. The van der Waals surface area contributed by atoms with Gasteiger partial charge < -0.3 is 9.47 Å². The minimum absolute atomic E-state index is 0.483. The summed E-state index contributed by atoms with van der Waals surface area (Å²) in [5, 5.41) is 8.23. The van der Waals surface area contributed by atoms with Crippen molar-refractivity contribution in [1.29, 1.82) is 0 Å². The minimum atomic E-state index is 0.483. The topological polar surface area (TPSA) is 59.7 Å². The summed E-state index contributed by atoms with van der Waals surface area (Å²) >= 11 is 0. The van der Waals surface area contributed by atoms with Crippen molar-refractivity contribution in [1.82, 2.24) is 24.7 Å². The van der Waals surface area contributed by atoms with Crippen LogP contribution in [0.1, 0.15) is 24.6 Å².